The monoisotopic (exact) mass is 208 g/mol. The first-order chi connectivity index (χ1) is 7.04. The number of carbonyl (C=O) groups is 2. The van der Waals surface area contributed by atoms with Gasteiger partial charge in [-0.2, -0.15) is 0 Å². The third-order valence-electron chi connectivity index (χ3n) is 2.40. The predicted molar refractivity (Wildman–Crippen MR) is 62.6 cm³/mol. The van der Waals surface area contributed by atoms with Gasteiger partial charge in [0.2, 0.25) is 0 Å². The molecule has 0 radical (unpaired) electrons. The van der Waals surface area contributed by atoms with Gasteiger partial charge in [-0.1, -0.05) is 39.0 Å². The summed E-state index contributed by atoms with van der Waals surface area (Å²) in [7, 11) is 0. The highest BCUT2D eigenvalue weighted by Crippen LogP contribution is 2.27. The van der Waals surface area contributed by atoms with Crippen molar-refractivity contribution in [2.75, 3.05) is 0 Å². The lowest BCUT2D eigenvalue weighted by atomic mass is 9.79. The molecule has 2 heteroatoms. The Hall–Kier alpha value is -1.18. The second-order valence-corrected chi connectivity index (χ2v) is 3.51. The lowest BCUT2D eigenvalue weighted by molar-refractivity contribution is -0.123. The summed E-state index contributed by atoms with van der Waals surface area (Å²) in [6.45, 7) is 9.00. The van der Waals surface area contributed by atoms with Gasteiger partial charge in [0.1, 0.15) is 5.78 Å². The first-order valence-electron chi connectivity index (χ1n) is 5.43. The maximum atomic E-state index is 11.3. The Morgan fingerprint density at radius 1 is 1.20 bits per heavy atom. The van der Waals surface area contributed by atoms with Gasteiger partial charge in [0.05, 0.1) is 5.92 Å². The molecule has 0 N–H and O–H groups in total. The molecule has 0 fully saturated rings. The fourth-order valence-electron chi connectivity index (χ4n) is 1.76. The zero-order chi connectivity index (χ0) is 12.0. The minimum Gasteiger partial charge on any atom is -0.299 e. The first-order valence-corrected chi connectivity index (χ1v) is 5.43. The summed E-state index contributed by atoms with van der Waals surface area (Å²) in [6.07, 6.45) is 5.55. The molecule has 0 heterocycles. The molecule has 84 valence electrons. The lowest BCUT2D eigenvalue weighted by Crippen LogP contribution is -2.25. The van der Waals surface area contributed by atoms with Gasteiger partial charge in [-0.3, -0.25) is 9.59 Å². The van der Waals surface area contributed by atoms with E-state index in [4.69, 9.17) is 0 Å². The standard InChI is InChI=1S/C11H14O2.C2H6/c1-7-5-4-6-10(8(2)12)11(7)9(3)13;1-2/h4-7,11H,1-3H3;1-2H3. The van der Waals surface area contributed by atoms with E-state index in [1.165, 1.54) is 13.8 Å². The summed E-state index contributed by atoms with van der Waals surface area (Å²) in [6, 6.07) is 0. The summed E-state index contributed by atoms with van der Waals surface area (Å²) in [5, 5.41) is 0. The van der Waals surface area contributed by atoms with Crippen molar-refractivity contribution in [2.45, 2.75) is 34.6 Å². The van der Waals surface area contributed by atoms with Crippen molar-refractivity contribution in [1.82, 2.24) is 0 Å². The number of hydrogen-bond acceptors (Lipinski definition) is 2. The predicted octanol–water partition coefficient (Wildman–Crippen LogP) is 2.94. The summed E-state index contributed by atoms with van der Waals surface area (Å²) < 4.78 is 0. The minimum absolute atomic E-state index is 0.00333. The topological polar surface area (TPSA) is 34.1 Å². The van der Waals surface area contributed by atoms with Gasteiger partial charge >= 0.3 is 0 Å². The molecule has 0 saturated heterocycles. The van der Waals surface area contributed by atoms with Crippen molar-refractivity contribution in [1.29, 1.82) is 0 Å². The molecule has 2 atom stereocenters. The molecule has 2 nitrogen and oxygen atoms in total. The number of hydrogen-bond donors (Lipinski definition) is 0. The van der Waals surface area contributed by atoms with Crippen LogP contribution in [0.15, 0.2) is 23.8 Å². The molecule has 1 aliphatic rings. The Balaban J connectivity index is 0.000000921. The normalized spacial score (nSPS) is 23.7. The smallest absolute Gasteiger partial charge is 0.156 e. The van der Waals surface area contributed by atoms with E-state index in [2.05, 4.69) is 0 Å². The number of ketones is 2. The number of Topliss-reactive ketones (excluding diaryl/α,β-unsaturated/α-hetero) is 2. The lowest BCUT2D eigenvalue weighted by Gasteiger charge is -2.22. The highest BCUT2D eigenvalue weighted by molar-refractivity contribution is 6.00. The maximum Gasteiger partial charge on any atom is 0.156 e. The Morgan fingerprint density at radius 3 is 2.07 bits per heavy atom. The summed E-state index contributed by atoms with van der Waals surface area (Å²) in [5.41, 5.74) is 0.641. The maximum absolute atomic E-state index is 11.3. The average Bonchev–Trinajstić information content (AvgIpc) is 2.19. The van der Waals surface area contributed by atoms with Crippen molar-refractivity contribution in [2.24, 2.45) is 11.8 Å². The van der Waals surface area contributed by atoms with Gasteiger partial charge < -0.3 is 0 Å². The molecule has 1 rings (SSSR count). The highest BCUT2D eigenvalue weighted by Gasteiger charge is 2.28. The summed E-state index contributed by atoms with van der Waals surface area (Å²) >= 11 is 0. The van der Waals surface area contributed by atoms with Crippen LogP contribution >= 0.6 is 0 Å². The van der Waals surface area contributed by atoms with Crippen LogP contribution in [0.3, 0.4) is 0 Å². The Kier molecular flexibility index (Phi) is 5.83. The average molecular weight is 208 g/mol. The summed E-state index contributed by atoms with van der Waals surface area (Å²) in [5.74, 6) is -0.0291. The van der Waals surface area contributed by atoms with E-state index >= 15 is 0 Å². The molecule has 0 amide bonds. The van der Waals surface area contributed by atoms with Crippen LogP contribution in [0.2, 0.25) is 0 Å². The van der Waals surface area contributed by atoms with E-state index in [1.807, 2.05) is 32.9 Å². The van der Waals surface area contributed by atoms with Crippen LogP contribution in [0.5, 0.6) is 0 Å². The van der Waals surface area contributed by atoms with E-state index in [-0.39, 0.29) is 23.4 Å². The molecular formula is C13H20O2. The zero-order valence-electron chi connectivity index (χ0n) is 10.2. The molecule has 0 aromatic heterocycles. The van der Waals surface area contributed by atoms with Gasteiger partial charge in [-0.05, 0) is 19.8 Å². The van der Waals surface area contributed by atoms with Crippen LogP contribution in [0.1, 0.15) is 34.6 Å². The SMILES string of the molecule is CC.CC(=O)C1=CC=CC(C)C1C(C)=O. The molecule has 0 spiro atoms. The first kappa shape index (κ1) is 13.8. The van der Waals surface area contributed by atoms with Crippen LogP contribution in [0.4, 0.5) is 0 Å². The van der Waals surface area contributed by atoms with E-state index in [9.17, 15) is 9.59 Å². The molecule has 2 unspecified atom stereocenters. The van der Waals surface area contributed by atoms with Crippen LogP contribution in [-0.4, -0.2) is 11.6 Å². The number of rotatable bonds is 2. The molecule has 1 aliphatic carbocycles. The Morgan fingerprint density at radius 2 is 1.73 bits per heavy atom. The van der Waals surface area contributed by atoms with Gasteiger partial charge in [0.25, 0.3) is 0 Å². The highest BCUT2D eigenvalue weighted by atomic mass is 16.1. The van der Waals surface area contributed by atoms with Crippen molar-refractivity contribution in [3.63, 3.8) is 0 Å². The Labute approximate surface area is 92.1 Å². The van der Waals surface area contributed by atoms with Crippen molar-refractivity contribution >= 4 is 11.6 Å². The van der Waals surface area contributed by atoms with Crippen LogP contribution in [0, 0.1) is 11.8 Å². The van der Waals surface area contributed by atoms with E-state index < -0.39 is 0 Å². The van der Waals surface area contributed by atoms with Gasteiger partial charge in [-0.25, -0.2) is 0 Å². The van der Waals surface area contributed by atoms with Gasteiger partial charge in [-0.15, -0.1) is 0 Å². The second-order valence-electron chi connectivity index (χ2n) is 3.51. The third-order valence-corrected chi connectivity index (χ3v) is 2.40. The van der Waals surface area contributed by atoms with Crippen molar-refractivity contribution < 1.29 is 9.59 Å². The number of carbonyl (C=O) groups excluding carboxylic acids is 2. The molecule has 0 aliphatic heterocycles. The van der Waals surface area contributed by atoms with Crippen molar-refractivity contribution in [3.8, 4) is 0 Å². The van der Waals surface area contributed by atoms with Gasteiger partial charge in [0.15, 0.2) is 5.78 Å². The fraction of sp³-hybridized carbons (Fsp3) is 0.538. The Bertz CT molecular complexity index is 298. The molecule has 0 bridgehead atoms. The third kappa shape index (κ3) is 3.46. The van der Waals surface area contributed by atoms with E-state index in [0.29, 0.717) is 5.57 Å². The summed E-state index contributed by atoms with van der Waals surface area (Å²) in [4.78, 5) is 22.5. The molecule has 0 aromatic rings. The molecular weight excluding hydrogens is 188 g/mol. The minimum atomic E-state index is -0.234. The van der Waals surface area contributed by atoms with E-state index in [0.717, 1.165) is 0 Å². The van der Waals surface area contributed by atoms with Crippen LogP contribution < -0.4 is 0 Å². The molecule has 0 saturated carbocycles. The van der Waals surface area contributed by atoms with Crippen molar-refractivity contribution in [3.05, 3.63) is 23.8 Å². The fourth-order valence-corrected chi connectivity index (χ4v) is 1.76. The largest absolute Gasteiger partial charge is 0.299 e. The number of allylic oxidation sites excluding steroid dienone is 4. The second kappa shape index (κ2) is 6.33. The zero-order valence-corrected chi connectivity index (χ0v) is 10.2. The van der Waals surface area contributed by atoms with Crippen LogP contribution in [0.25, 0.3) is 0 Å². The van der Waals surface area contributed by atoms with Crippen LogP contribution in [-0.2, 0) is 9.59 Å². The molecule has 0 aromatic carbocycles. The quantitative estimate of drug-likeness (QED) is 0.699. The van der Waals surface area contributed by atoms with E-state index in [1.54, 1.807) is 6.08 Å². The van der Waals surface area contributed by atoms with Gasteiger partial charge in [0, 0.05) is 5.57 Å². The molecule has 15 heavy (non-hydrogen) atoms.